The van der Waals surface area contributed by atoms with E-state index in [2.05, 4.69) is 20.6 Å². The summed E-state index contributed by atoms with van der Waals surface area (Å²) in [6, 6.07) is 6.87. The number of anilines is 2. The smallest absolute Gasteiger partial charge is 0.257 e. The second-order valence-electron chi connectivity index (χ2n) is 4.36. The summed E-state index contributed by atoms with van der Waals surface area (Å²) in [7, 11) is 0. The number of pyridine rings is 2. The van der Waals surface area contributed by atoms with Crippen LogP contribution in [0.1, 0.15) is 17.3 Å². The maximum atomic E-state index is 11.9. The maximum absolute atomic E-state index is 11.9. The maximum Gasteiger partial charge on any atom is 0.257 e. The van der Waals surface area contributed by atoms with Crippen LogP contribution >= 0.6 is 0 Å². The van der Waals surface area contributed by atoms with Crippen molar-refractivity contribution in [2.45, 2.75) is 13.0 Å². The van der Waals surface area contributed by atoms with E-state index in [-0.39, 0.29) is 5.91 Å². The zero-order valence-corrected chi connectivity index (χ0v) is 11.1. The van der Waals surface area contributed by atoms with Gasteiger partial charge in [0.05, 0.1) is 23.6 Å². The lowest BCUT2D eigenvalue weighted by Gasteiger charge is -2.09. The van der Waals surface area contributed by atoms with Crippen LogP contribution in [0.2, 0.25) is 0 Å². The van der Waals surface area contributed by atoms with Gasteiger partial charge in [0.2, 0.25) is 0 Å². The number of carbonyl (C=O) groups is 1. The van der Waals surface area contributed by atoms with E-state index in [0.717, 1.165) is 0 Å². The minimum Gasteiger partial charge on any atom is -0.392 e. The minimum absolute atomic E-state index is 0.232. The lowest BCUT2D eigenvalue weighted by Crippen LogP contribution is -2.16. The molecule has 2 heterocycles. The molecule has 1 amide bonds. The first-order valence-electron chi connectivity index (χ1n) is 6.24. The summed E-state index contributed by atoms with van der Waals surface area (Å²) >= 11 is 0. The monoisotopic (exact) mass is 272 g/mol. The van der Waals surface area contributed by atoms with Crippen molar-refractivity contribution >= 4 is 17.4 Å². The minimum atomic E-state index is -0.443. The van der Waals surface area contributed by atoms with Crippen molar-refractivity contribution in [2.75, 3.05) is 17.2 Å². The highest BCUT2D eigenvalue weighted by atomic mass is 16.3. The fraction of sp³-hybridized carbons (Fsp3) is 0.214. The third-order valence-corrected chi connectivity index (χ3v) is 2.52. The number of aromatic nitrogens is 2. The van der Waals surface area contributed by atoms with E-state index in [1.54, 1.807) is 43.6 Å². The highest BCUT2D eigenvalue weighted by Gasteiger charge is 2.06. The Bertz CT molecular complexity index is 555. The number of hydrogen-bond donors (Lipinski definition) is 3. The summed E-state index contributed by atoms with van der Waals surface area (Å²) in [5, 5.41) is 14.9. The summed E-state index contributed by atoms with van der Waals surface area (Å²) in [5.41, 5.74) is 1.09. The molecule has 6 nitrogen and oxygen atoms in total. The number of nitrogens with zero attached hydrogens (tertiary/aromatic N) is 2. The first-order chi connectivity index (χ1) is 9.65. The van der Waals surface area contributed by atoms with Crippen LogP contribution < -0.4 is 10.6 Å². The van der Waals surface area contributed by atoms with Crippen LogP contribution in [0.5, 0.6) is 0 Å². The molecule has 1 atom stereocenters. The number of carbonyl (C=O) groups excluding carboxylic acids is 1. The van der Waals surface area contributed by atoms with E-state index in [1.165, 1.54) is 6.20 Å². The van der Waals surface area contributed by atoms with Crippen LogP contribution in [0, 0.1) is 0 Å². The molecule has 0 aliphatic carbocycles. The molecule has 0 saturated heterocycles. The predicted octanol–water partition coefficient (Wildman–Crippen LogP) is 1.52. The average molecular weight is 272 g/mol. The standard InChI is InChI=1S/C14H16N4O2/c1-10(19)7-16-13-5-4-12(9-17-13)18-14(20)11-3-2-6-15-8-11/h2-6,8-10,19H,7H2,1H3,(H,16,17)(H,18,20). The van der Waals surface area contributed by atoms with Crippen molar-refractivity contribution in [1.29, 1.82) is 0 Å². The van der Waals surface area contributed by atoms with Gasteiger partial charge in [-0.15, -0.1) is 0 Å². The Kier molecular flexibility index (Phi) is 4.62. The van der Waals surface area contributed by atoms with Gasteiger partial charge in [-0.3, -0.25) is 9.78 Å². The molecule has 3 N–H and O–H groups in total. The van der Waals surface area contributed by atoms with E-state index in [0.29, 0.717) is 23.6 Å². The molecule has 0 bridgehead atoms. The highest BCUT2D eigenvalue weighted by molar-refractivity contribution is 6.03. The average Bonchev–Trinajstić information content (AvgIpc) is 2.47. The molecular formula is C14H16N4O2. The van der Waals surface area contributed by atoms with E-state index in [4.69, 9.17) is 5.11 Å². The van der Waals surface area contributed by atoms with Crippen LogP contribution in [-0.4, -0.2) is 33.6 Å². The van der Waals surface area contributed by atoms with Crippen LogP contribution in [0.25, 0.3) is 0 Å². The number of hydrogen-bond acceptors (Lipinski definition) is 5. The molecular weight excluding hydrogens is 256 g/mol. The molecule has 0 radical (unpaired) electrons. The molecule has 0 saturated carbocycles. The molecule has 20 heavy (non-hydrogen) atoms. The zero-order valence-electron chi connectivity index (χ0n) is 11.1. The molecule has 0 aliphatic rings. The van der Waals surface area contributed by atoms with Gasteiger partial charge in [0.25, 0.3) is 5.91 Å². The molecule has 0 spiro atoms. The lowest BCUT2D eigenvalue weighted by atomic mass is 10.2. The van der Waals surface area contributed by atoms with Crippen molar-refractivity contribution in [2.24, 2.45) is 0 Å². The molecule has 2 rings (SSSR count). The molecule has 2 aromatic heterocycles. The van der Waals surface area contributed by atoms with Gasteiger partial charge in [0.15, 0.2) is 0 Å². The number of aliphatic hydroxyl groups excluding tert-OH is 1. The number of nitrogens with one attached hydrogen (secondary N) is 2. The summed E-state index contributed by atoms with van der Waals surface area (Å²) in [4.78, 5) is 19.9. The van der Waals surface area contributed by atoms with Crippen molar-refractivity contribution in [3.63, 3.8) is 0 Å². The third-order valence-electron chi connectivity index (χ3n) is 2.52. The summed E-state index contributed by atoms with van der Waals surface area (Å²) in [5.74, 6) is 0.412. The fourth-order valence-electron chi connectivity index (χ4n) is 1.52. The Labute approximate surface area is 116 Å². The van der Waals surface area contributed by atoms with Gasteiger partial charge in [0.1, 0.15) is 5.82 Å². The molecule has 2 aromatic rings. The highest BCUT2D eigenvalue weighted by Crippen LogP contribution is 2.11. The van der Waals surface area contributed by atoms with Crippen LogP contribution in [0.15, 0.2) is 42.9 Å². The van der Waals surface area contributed by atoms with E-state index in [1.807, 2.05) is 0 Å². The summed E-state index contributed by atoms with van der Waals surface area (Å²) in [6.07, 6.45) is 4.22. The quantitative estimate of drug-likeness (QED) is 0.768. The summed E-state index contributed by atoms with van der Waals surface area (Å²) < 4.78 is 0. The van der Waals surface area contributed by atoms with Crippen molar-refractivity contribution in [3.05, 3.63) is 48.4 Å². The zero-order chi connectivity index (χ0) is 14.4. The van der Waals surface area contributed by atoms with Crippen molar-refractivity contribution < 1.29 is 9.90 Å². The van der Waals surface area contributed by atoms with Crippen molar-refractivity contribution in [3.8, 4) is 0 Å². The van der Waals surface area contributed by atoms with Crippen molar-refractivity contribution in [1.82, 2.24) is 9.97 Å². The fourth-order valence-corrected chi connectivity index (χ4v) is 1.52. The largest absolute Gasteiger partial charge is 0.392 e. The first kappa shape index (κ1) is 14.0. The topological polar surface area (TPSA) is 87.1 Å². The van der Waals surface area contributed by atoms with Gasteiger partial charge in [-0.1, -0.05) is 0 Å². The number of aliphatic hydroxyl groups is 1. The second kappa shape index (κ2) is 6.63. The van der Waals surface area contributed by atoms with Crippen LogP contribution in [0.3, 0.4) is 0 Å². The van der Waals surface area contributed by atoms with E-state index < -0.39 is 6.10 Å². The molecule has 0 fully saturated rings. The van der Waals surface area contributed by atoms with Gasteiger partial charge >= 0.3 is 0 Å². The van der Waals surface area contributed by atoms with Crippen LogP contribution in [-0.2, 0) is 0 Å². The first-order valence-corrected chi connectivity index (χ1v) is 6.24. The normalized spacial score (nSPS) is 11.7. The van der Waals surface area contributed by atoms with Gasteiger partial charge in [0, 0.05) is 18.9 Å². The van der Waals surface area contributed by atoms with Gasteiger partial charge in [-0.2, -0.15) is 0 Å². The van der Waals surface area contributed by atoms with Gasteiger partial charge in [-0.25, -0.2) is 4.98 Å². The molecule has 104 valence electrons. The molecule has 6 heteroatoms. The van der Waals surface area contributed by atoms with Gasteiger partial charge < -0.3 is 15.7 Å². The Hall–Kier alpha value is -2.47. The van der Waals surface area contributed by atoms with E-state index in [9.17, 15) is 4.79 Å². The molecule has 0 aliphatic heterocycles. The van der Waals surface area contributed by atoms with Crippen LogP contribution in [0.4, 0.5) is 11.5 Å². The predicted molar refractivity (Wildman–Crippen MR) is 76.6 cm³/mol. The third kappa shape index (κ3) is 4.03. The Morgan fingerprint density at radius 1 is 1.35 bits per heavy atom. The number of rotatable bonds is 5. The Balaban J connectivity index is 1.95. The SMILES string of the molecule is CC(O)CNc1ccc(NC(=O)c2cccnc2)cn1. The Morgan fingerprint density at radius 2 is 2.20 bits per heavy atom. The van der Waals surface area contributed by atoms with Gasteiger partial charge in [-0.05, 0) is 31.2 Å². The molecule has 0 aromatic carbocycles. The molecule has 1 unspecified atom stereocenters. The van der Waals surface area contributed by atoms with E-state index >= 15 is 0 Å². The Morgan fingerprint density at radius 3 is 2.80 bits per heavy atom. The summed E-state index contributed by atoms with van der Waals surface area (Å²) in [6.45, 7) is 2.11. The second-order valence-corrected chi connectivity index (χ2v) is 4.36. The lowest BCUT2D eigenvalue weighted by molar-refractivity contribution is 0.102. The number of amides is 1.